The van der Waals surface area contributed by atoms with Crippen LogP contribution < -0.4 is 15.8 Å². The number of hydrogen-bond acceptors (Lipinski definition) is 5. The first-order valence-corrected chi connectivity index (χ1v) is 12.3. The summed E-state index contributed by atoms with van der Waals surface area (Å²) in [5.41, 5.74) is 12.6. The fraction of sp³-hybridized carbons (Fsp3) is 0.0741. The highest BCUT2D eigenvalue weighted by atomic mass is 32.2. The summed E-state index contributed by atoms with van der Waals surface area (Å²) in [6, 6.07) is 25.6. The maximum absolute atomic E-state index is 12.7. The van der Waals surface area contributed by atoms with Crippen LogP contribution in [0.2, 0.25) is 0 Å². The van der Waals surface area contributed by atoms with Crippen molar-refractivity contribution in [2.75, 3.05) is 15.8 Å². The summed E-state index contributed by atoms with van der Waals surface area (Å²) in [5, 5.41) is 5.61. The lowest BCUT2D eigenvalue weighted by Gasteiger charge is -2.16. The molecule has 170 valence electrons. The third-order valence-electron chi connectivity index (χ3n) is 5.83. The van der Waals surface area contributed by atoms with Gasteiger partial charge in [0.1, 0.15) is 0 Å². The number of hydrogen-bond donors (Lipinski definition) is 3. The number of nitrogens with two attached hydrogens (primary N) is 1. The summed E-state index contributed by atoms with van der Waals surface area (Å²) in [6.07, 6.45) is 0. The summed E-state index contributed by atoms with van der Waals surface area (Å²) in [7, 11) is -3.70. The van der Waals surface area contributed by atoms with Crippen LogP contribution in [0, 0.1) is 13.8 Å². The van der Waals surface area contributed by atoms with Crippen LogP contribution >= 0.6 is 0 Å². The molecule has 0 unspecified atom stereocenters. The lowest BCUT2D eigenvalue weighted by atomic mass is 10.0. The number of nitrogen functional groups attached to an aromatic ring is 1. The van der Waals surface area contributed by atoms with E-state index < -0.39 is 10.0 Å². The van der Waals surface area contributed by atoms with E-state index in [2.05, 4.69) is 48.2 Å². The molecule has 0 radical (unpaired) electrons. The van der Waals surface area contributed by atoms with Gasteiger partial charge in [0.05, 0.1) is 21.6 Å². The second kappa shape index (κ2) is 8.35. The molecule has 0 spiro atoms. The number of benzene rings is 4. The zero-order valence-electron chi connectivity index (χ0n) is 18.8. The molecule has 0 bridgehead atoms. The van der Waals surface area contributed by atoms with Crippen molar-refractivity contribution in [1.29, 1.82) is 0 Å². The van der Waals surface area contributed by atoms with Gasteiger partial charge in [0.25, 0.3) is 10.0 Å². The number of aryl methyl sites for hydroxylation is 2. The average Bonchev–Trinajstić information content (AvgIpc) is 2.81. The number of nitrogens with one attached hydrogen (secondary N) is 2. The highest BCUT2D eigenvalue weighted by Crippen LogP contribution is 2.35. The number of para-hydroxylation sites is 2. The highest BCUT2D eigenvalue weighted by molar-refractivity contribution is 7.92. The van der Waals surface area contributed by atoms with Gasteiger partial charge in [0.2, 0.25) is 0 Å². The van der Waals surface area contributed by atoms with Crippen LogP contribution in [0.25, 0.3) is 21.8 Å². The van der Waals surface area contributed by atoms with Crippen LogP contribution in [0.15, 0.2) is 89.8 Å². The smallest absolute Gasteiger partial charge is 0.261 e. The molecule has 7 heteroatoms. The molecular formula is C27H24N4O2S. The first kappa shape index (κ1) is 21.7. The Morgan fingerprint density at radius 1 is 0.706 bits per heavy atom. The molecule has 34 heavy (non-hydrogen) atoms. The normalized spacial score (nSPS) is 11.6. The van der Waals surface area contributed by atoms with Crippen molar-refractivity contribution in [2.45, 2.75) is 18.7 Å². The minimum Gasteiger partial charge on any atom is -0.399 e. The van der Waals surface area contributed by atoms with E-state index in [9.17, 15) is 8.42 Å². The Bertz CT molecular complexity index is 1570. The van der Waals surface area contributed by atoms with Crippen LogP contribution in [0.5, 0.6) is 0 Å². The average molecular weight is 469 g/mol. The lowest BCUT2D eigenvalue weighted by molar-refractivity contribution is 0.601. The van der Waals surface area contributed by atoms with Gasteiger partial charge in [-0.25, -0.2) is 13.4 Å². The van der Waals surface area contributed by atoms with Crippen LogP contribution in [0.3, 0.4) is 0 Å². The first-order valence-electron chi connectivity index (χ1n) is 10.9. The molecule has 6 nitrogen and oxygen atoms in total. The monoisotopic (exact) mass is 468 g/mol. The summed E-state index contributed by atoms with van der Waals surface area (Å²) in [4.78, 5) is 5.10. The Morgan fingerprint density at radius 3 is 1.79 bits per heavy atom. The predicted molar refractivity (Wildman–Crippen MR) is 140 cm³/mol. The van der Waals surface area contributed by atoms with E-state index in [4.69, 9.17) is 10.7 Å². The third kappa shape index (κ3) is 4.02. The first-order chi connectivity index (χ1) is 16.3. The molecule has 1 heterocycles. The molecule has 0 aliphatic rings. The van der Waals surface area contributed by atoms with Gasteiger partial charge in [-0.2, -0.15) is 0 Å². The van der Waals surface area contributed by atoms with Gasteiger partial charge in [-0.05, 0) is 73.5 Å². The minimum absolute atomic E-state index is 0.157. The number of anilines is 4. The lowest BCUT2D eigenvalue weighted by Crippen LogP contribution is -2.12. The van der Waals surface area contributed by atoms with E-state index in [1.807, 2.05) is 24.3 Å². The maximum atomic E-state index is 12.7. The van der Waals surface area contributed by atoms with Gasteiger partial charge in [0, 0.05) is 27.8 Å². The summed E-state index contributed by atoms with van der Waals surface area (Å²) in [5.74, 6) is 0. The summed E-state index contributed by atoms with van der Waals surface area (Å²) in [6.45, 7) is 4.12. The molecule has 0 aliphatic carbocycles. The van der Waals surface area contributed by atoms with Gasteiger partial charge in [-0.3, -0.25) is 4.72 Å². The molecule has 0 fully saturated rings. The zero-order valence-corrected chi connectivity index (χ0v) is 19.6. The Hall–Kier alpha value is -4.10. The maximum Gasteiger partial charge on any atom is 0.261 e. The van der Waals surface area contributed by atoms with Gasteiger partial charge in [-0.1, -0.05) is 36.4 Å². The number of nitrogens with zero attached hydrogens (tertiary/aromatic N) is 1. The zero-order chi connectivity index (χ0) is 23.9. The van der Waals surface area contributed by atoms with Crippen molar-refractivity contribution in [2.24, 2.45) is 0 Å². The number of aromatic nitrogens is 1. The molecule has 5 aromatic rings. The van der Waals surface area contributed by atoms with E-state index >= 15 is 0 Å². The predicted octanol–water partition coefficient (Wildman–Crippen LogP) is 6.13. The SMILES string of the molecule is Cc1cccc2c(Nc3ccc(NS(=O)(=O)c4ccc(N)cc4)cc3)c3cccc(C)c3nc12. The van der Waals surface area contributed by atoms with Gasteiger partial charge < -0.3 is 11.1 Å². The fourth-order valence-corrected chi connectivity index (χ4v) is 5.10. The van der Waals surface area contributed by atoms with Crippen LogP contribution in [0.1, 0.15) is 11.1 Å². The minimum atomic E-state index is -3.70. The van der Waals surface area contributed by atoms with E-state index in [1.54, 1.807) is 24.3 Å². The van der Waals surface area contributed by atoms with E-state index in [0.29, 0.717) is 11.4 Å². The Balaban J connectivity index is 1.49. The van der Waals surface area contributed by atoms with E-state index in [1.165, 1.54) is 12.1 Å². The van der Waals surface area contributed by atoms with Gasteiger partial charge in [-0.15, -0.1) is 0 Å². The van der Waals surface area contributed by atoms with Crippen molar-refractivity contribution in [3.63, 3.8) is 0 Å². The Kier molecular flexibility index (Phi) is 5.34. The molecule has 4 N–H and O–H groups in total. The second-order valence-corrected chi connectivity index (χ2v) is 9.99. The van der Waals surface area contributed by atoms with Crippen molar-refractivity contribution in [3.05, 3.63) is 96.1 Å². The molecule has 1 aromatic heterocycles. The molecule has 0 saturated heterocycles. The Morgan fingerprint density at radius 2 is 1.24 bits per heavy atom. The van der Waals surface area contributed by atoms with Crippen molar-refractivity contribution >= 4 is 54.6 Å². The van der Waals surface area contributed by atoms with Crippen molar-refractivity contribution < 1.29 is 8.42 Å². The summed E-state index contributed by atoms with van der Waals surface area (Å²) < 4.78 is 28.0. The topological polar surface area (TPSA) is 97.1 Å². The number of sulfonamides is 1. The number of pyridine rings is 1. The molecular weight excluding hydrogens is 444 g/mol. The largest absolute Gasteiger partial charge is 0.399 e. The van der Waals surface area contributed by atoms with Crippen LogP contribution in [-0.2, 0) is 10.0 Å². The van der Waals surface area contributed by atoms with E-state index in [-0.39, 0.29) is 4.90 Å². The van der Waals surface area contributed by atoms with Crippen LogP contribution in [0.4, 0.5) is 22.7 Å². The number of fused-ring (bicyclic) bond motifs is 2. The molecule has 5 rings (SSSR count). The van der Waals surface area contributed by atoms with Crippen molar-refractivity contribution in [3.8, 4) is 0 Å². The Labute approximate surface area is 198 Å². The molecule has 0 atom stereocenters. The van der Waals surface area contributed by atoms with Crippen molar-refractivity contribution in [1.82, 2.24) is 4.98 Å². The van der Waals surface area contributed by atoms with Gasteiger partial charge >= 0.3 is 0 Å². The van der Waals surface area contributed by atoms with Crippen LogP contribution in [-0.4, -0.2) is 13.4 Å². The molecule has 0 amide bonds. The third-order valence-corrected chi connectivity index (χ3v) is 7.23. The van der Waals surface area contributed by atoms with Gasteiger partial charge in [0.15, 0.2) is 0 Å². The molecule has 0 aliphatic heterocycles. The quantitative estimate of drug-likeness (QED) is 0.213. The summed E-state index contributed by atoms with van der Waals surface area (Å²) >= 11 is 0. The standard InChI is InChI=1S/C27H24N4O2S/c1-17-5-3-7-23-25(17)30-26-18(2)6-4-8-24(26)27(23)29-20-11-13-21(14-12-20)31-34(32,33)22-15-9-19(28)10-16-22/h3-16,31H,28H2,1-2H3,(H,29,30). The molecule has 4 aromatic carbocycles. The van der Waals surface area contributed by atoms with E-state index in [0.717, 1.165) is 44.3 Å². The molecule has 0 saturated carbocycles. The second-order valence-electron chi connectivity index (χ2n) is 8.31. The number of rotatable bonds is 5. The highest BCUT2D eigenvalue weighted by Gasteiger charge is 2.15. The fourth-order valence-electron chi connectivity index (χ4n) is 4.04.